The van der Waals surface area contributed by atoms with Crippen LogP contribution < -0.4 is 10.6 Å². The number of nitriles is 1. The fourth-order valence-electron chi connectivity index (χ4n) is 2.87. The Morgan fingerprint density at radius 2 is 2.22 bits per heavy atom. The normalized spacial score (nSPS) is 29.8. The number of hydrogen-bond acceptors (Lipinski definition) is 5. The van der Waals surface area contributed by atoms with Crippen molar-refractivity contribution in [2.75, 3.05) is 0 Å². The fourth-order valence-corrected chi connectivity index (χ4v) is 2.87. The van der Waals surface area contributed by atoms with Crippen molar-refractivity contribution in [1.29, 1.82) is 5.26 Å². The molecule has 1 aromatic rings. The Morgan fingerprint density at radius 3 is 2.83 bits per heavy atom. The van der Waals surface area contributed by atoms with Gasteiger partial charge in [0.1, 0.15) is 6.07 Å². The molecule has 0 saturated carbocycles. The third kappa shape index (κ3) is 2.09. The first kappa shape index (κ1) is 11.2. The van der Waals surface area contributed by atoms with E-state index in [9.17, 15) is 4.79 Å². The molecule has 6 heteroatoms. The molecule has 3 atom stereocenters. The van der Waals surface area contributed by atoms with Gasteiger partial charge in [0.2, 0.25) is 5.76 Å². The molecule has 1 amide bonds. The number of aromatic nitrogens is 1. The number of carbonyl (C=O) groups is 1. The Balaban J connectivity index is 1.62. The van der Waals surface area contributed by atoms with E-state index in [0.29, 0.717) is 12.1 Å². The average Bonchev–Trinajstić information content (AvgIpc) is 2.96. The summed E-state index contributed by atoms with van der Waals surface area (Å²) in [5.74, 6) is -0.197. The Labute approximate surface area is 104 Å². The maximum atomic E-state index is 11.9. The van der Waals surface area contributed by atoms with Gasteiger partial charge in [0.05, 0.1) is 0 Å². The maximum absolute atomic E-state index is 11.9. The molecule has 3 heterocycles. The minimum atomic E-state index is -0.258. The van der Waals surface area contributed by atoms with Crippen molar-refractivity contribution in [2.45, 2.75) is 43.8 Å². The quantitative estimate of drug-likeness (QED) is 0.795. The molecule has 3 rings (SSSR count). The molecule has 94 valence electrons. The predicted octanol–water partition coefficient (Wildman–Crippen LogP) is 0.559. The summed E-state index contributed by atoms with van der Waals surface area (Å²) in [6.07, 6.45) is 4.32. The molecule has 0 aliphatic carbocycles. The lowest BCUT2D eigenvalue weighted by molar-refractivity contribution is 0.0915. The highest BCUT2D eigenvalue weighted by Gasteiger charge is 2.34. The van der Waals surface area contributed by atoms with E-state index in [0.717, 1.165) is 12.8 Å². The molecule has 0 aromatic carbocycles. The summed E-state index contributed by atoms with van der Waals surface area (Å²) in [5.41, 5.74) is 0.178. The molecule has 2 bridgehead atoms. The topological polar surface area (TPSA) is 91.0 Å². The summed E-state index contributed by atoms with van der Waals surface area (Å²) < 4.78 is 4.69. The lowest BCUT2D eigenvalue weighted by atomic mass is 10.00. The lowest BCUT2D eigenvalue weighted by Crippen LogP contribution is -2.48. The molecule has 2 aliphatic rings. The summed E-state index contributed by atoms with van der Waals surface area (Å²) in [7, 11) is 0. The fraction of sp³-hybridized carbons (Fsp3) is 0.583. The van der Waals surface area contributed by atoms with E-state index in [1.54, 1.807) is 0 Å². The molecule has 2 aliphatic heterocycles. The van der Waals surface area contributed by atoms with E-state index in [1.165, 1.54) is 18.9 Å². The van der Waals surface area contributed by atoms with Crippen LogP contribution in [-0.2, 0) is 0 Å². The Hall–Kier alpha value is -1.87. The molecular formula is C12H14N4O2. The van der Waals surface area contributed by atoms with Crippen LogP contribution in [0.1, 0.15) is 41.9 Å². The van der Waals surface area contributed by atoms with Gasteiger partial charge in [-0.25, -0.2) is 0 Å². The van der Waals surface area contributed by atoms with Gasteiger partial charge in [-0.3, -0.25) is 4.79 Å². The number of fused-ring (bicyclic) bond motifs is 2. The summed E-state index contributed by atoms with van der Waals surface area (Å²) in [5, 5.41) is 18.7. The molecule has 2 fully saturated rings. The molecule has 0 spiro atoms. The summed E-state index contributed by atoms with van der Waals surface area (Å²) >= 11 is 0. The molecule has 2 saturated heterocycles. The average molecular weight is 246 g/mol. The van der Waals surface area contributed by atoms with E-state index in [2.05, 4.69) is 15.8 Å². The minimum absolute atomic E-state index is 0.0607. The maximum Gasteiger partial charge on any atom is 0.273 e. The number of hydrogen-bond donors (Lipinski definition) is 2. The van der Waals surface area contributed by atoms with Crippen LogP contribution in [0.5, 0.6) is 0 Å². The van der Waals surface area contributed by atoms with E-state index in [-0.39, 0.29) is 23.4 Å². The second kappa shape index (κ2) is 4.42. The molecular weight excluding hydrogens is 232 g/mol. The van der Waals surface area contributed by atoms with E-state index >= 15 is 0 Å². The van der Waals surface area contributed by atoms with Gasteiger partial charge in [0.25, 0.3) is 5.91 Å². The van der Waals surface area contributed by atoms with Crippen molar-refractivity contribution in [3.05, 3.63) is 17.5 Å². The third-order valence-electron chi connectivity index (χ3n) is 3.66. The van der Waals surface area contributed by atoms with Crippen molar-refractivity contribution >= 4 is 5.91 Å². The van der Waals surface area contributed by atoms with Gasteiger partial charge >= 0.3 is 0 Å². The monoisotopic (exact) mass is 246 g/mol. The molecule has 2 N–H and O–H groups in total. The summed E-state index contributed by atoms with van der Waals surface area (Å²) in [4.78, 5) is 11.9. The zero-order valence-corrected chi connectivity index (χ0v) is 9.85. The number of nitrogens with zero attached hydrogens (tertiary/aromatic N) is 2. The zero-order valence-electron chi connectivity index (χ0n) is 9.85. The van der Waals surface area contributed by atoms with Gasteiger partial charge in [0, 0.05) is 24.2 Å². The molecule has 6 nitrogen and oxygen atoms in total. The second-order valence-corrected chi connectivity index (χ2v) is 4.97. The second-order valence-electron chi connectivity index (χ2n) is 4.97. The van der Waals surface area contributed by atoms with Crippen LogP contribution in [-0.4, -0.2) is 29.2 Å². The van der Waals surface area contributed by atoms with Gasteiger partial charge in [-0.1, -0.05) is 5.16 Å². The zero-order chi connectivity index (χ0) is 12.5. The van der Waals surface area contributed by atoms with Crippen LogP contribution in [0.15, 0.2) is 10.6 Å². The lowest BCUT2D eigenvalue weighted by Gasteiger charge is -2.29. The number of piperidine rings is 1. The van der Waals surface area contributed by atoms with Crippen molar-refractivity contribution in [2.24, 2.45) is 0 Å². The number of rotatable bonds is 2. The first-order valence-corrected chi connectivity index (χ1v) is 6.18. The van der Waals surface area contributed by atoms with E-state index in [1.807, 2.05) is 6.07 Å². The highest BCUT2D eigenvalue weighted by Crippen LogP contribution is 2.26. The SMILES string of the molecule is N#Cc1cc(C(=O)NC2C[C@H]3CC[C@@H](C2)N3)no1. The molecule has 1 unspecified atom stereocenters. The highest BCUT2D eigenvalue weighted by molar-refractivity contribution is 5.92. The number of amides is 1. The third-order valence-corrected chi connectivity index (χ3v) is 3.66. The highest BCUT2D eigenvalue weighted by atomic mass is 16.5. The molecule has 1 aromatic heterocycles. The van der Waals surface area contributed by atoms with Crippen LogP contribution in [0.2, 0.25) is 0 Å². The van der Waals surface area contributed by atoms with Crippen molar-refractivity contribution < 1.29 is 9.32 Å². The molecule has 0 radical (unpaired) electrons. The minimum Gasteiger partial charge on any atom is -0.348 e. The smallest absolute Gasteiger partial charge is 0.273 e. The van der Waals surface area contributed by atoms with E-state index in [4.69, 9.17) is 9.78 Å². The largest absolute Gasteiger partial charge is 0.348 e. The summed E-state index contributed by atoms with van der Waals surface area (Å²) in [6, 6.07) is 4.43. The van der Waals surface area contributed by atoms with Crippen molar-refractivity contribution in [3.8, 4) is 6.07 Å². The van der Waals surface area contributed by atoms with Crippen LogP contribution in [0.4, 0.5) is 0 Å². The van der Waals surface area contributed by atoms with Gasteiger partial charge in [-0.05, 0) is 25.7 Å². The predicted molar refractivity (Wildman–Crippen MR) is 61.7 cm³/mol. The van der Waals surface area contributed by atoms with E-state index < -0.39 is 0 Å². The molecule has 18 heavy (non-hydrogen) atoms. The van der Waals surface area contributed by atoms with Crippen LogP contribution in [0.25, 0.3) is 0 Å². The van der Waals surface area contributed by atoms with Gasteiger partial charge in [-0.2, -0.15) is 5.26 Å². The van der Waals surface area contributed by atoms with Crippen LogP contribution in [0, 0.1) is 11.3 Å². The number of carbonyl (C=O) groups excluding carboxylic acids is 1. The Bertz CT molecular complexity index is 492. The first-order valence-electron chi connectivity index (χ1n) is 6.18. The standard InChI is InChI=1S/C12H14N4O2/c13-6-10-5-11(16-18-10)12(17)15-9-3-7-1-2-8(4-9)14-7/h5,7-9,14H,1-4H2,(H,15,17)/t7-,8+,9?. The Morgan fingerprint density at radius 1 is 1.50 bits per heavy atom. The summed E-state index contributed by atoms with van der Waals surface area (Å²) in [6.45, 7) is 0. The van der Waals surface area contributed by atoms with Crippen LogP contribution >= 0.6 is 0 Å². The van der Waals surface area contributed by atoms with Crippen molar-refractivity contribution in [3.63, 3.8) is 0 Å². The van der Waals surface area contributed by atoms with Gasteiger partial charge < -0.3 is 15.2 Å². The van der Waals surface area contributed by atoms with Gasteiger partial charge in [-0.15, -0.1) is 0 Å². The van der Waals surface area contributed by atoms with Crippen LogP contribution in [0.3, 0.4) is 0 Å². The Kier molecular flexibility index (Phi) is 2.76. The van der Waals surface area contributed by atoms with Crippen molar-refractivity contribution in [1.82, 2.24) is 15.8 Å². The van der Waals surface area contributed by atoms with Gasteiger partial charge in [0.15, 0.2) is 5.69 Å². The number of nitrogens with one attached hydrogen (secondary N) is 2. The first-order chi connectivity index (χ1) is 8.74.